The summed E-state index contributed by atoms with van der Waals surface area (Å²) in [6.45, 7) is 0.843. The first-order valence-electron chi connectivity index (χ1n) is 7.89. The lowest BCUT2D eigenvalue weighted by atomic mass is 10.2. The van der Waals surface area contributed by atoms with E-state index < -0.39 is 47.6 Å². The maximum atomic E-state index is 12.0. The number of aliphatic hydroxyl groups is 1. The largest absolute Gasteiger partial charge is 0.480 e. The lowest BCUT2D eigenvalue weighted by Gasteiger charge is -2.23. The van der Waals surface area contributed by atoms with E-state index in [2.05, 4.69) is 23.3 Å². The van der Waals surface area contributed by atoms with Gasteiger partial charge in [-0.25, -0.2) is 5.84 Å². The molecule has 0 fully saturated rings. The average molecular weight is 398 g/mol. The molecule has 6 N–H and O–H groups in total. The number of carbonyl (C=O) groups is 4. The van der Waals surface area contributed by atoms with Crippen molar-refractivity contribution < 1.29 is 29.4 Å². The van der Waals surface area contributed by atoms with Crippen LogP contribution in [0.4, 0.5) is 0 Å². The van der Waals surface area contributed by atoms with E-state index >= 15 is 0 Å². The van der Waals surface area contributed by atoms with Gasteiger partial charge in [-0.2, -0.15) is 12.6 Å². The number of aliphatic hydroxyl groups excluding tert-OH is 1. The van der Waals surface area contributed by atoms with Crippen LogP contribution in [-0.2, 0) is 25.7 Å². The summed E-state index contributed by atoms with van der Waals surface area (Å²) in [4.78, 5) is 46.4. The van der Waals surface area contributed by atoms with Crippen LogP contribution < -0.4 is 16.5 Å². The van der Waals surface area contributed by atoms with E-state index in [1.807, 2.05) is 30.3 Å². The van der Waals surface area contributed by atoms with Crippen molar-refractivity contribution in [2.75, 3.05) is 6.54 Å². The van der Waals surface area contributed by atoms with E-state index in [-0.39, 0.29) is 6.54 Å². The van der Waals surface area contributed by atoms with Gasteiger partial charge in [0.1, 0.15) is 17.8 Å². The highest BCUT2D eigenvalue weighted by atomic mass is 32.1. The van der Waals surface area contributed by atoms with Crippen molar-refractivity contribution >= 4 is 36.3 Å². The number of thiol groups is 1. The number of hydrazine groups is 1. The number of aliphatic carboxylic acids is 1. The molecule has 0 aliphatic heterocycles. The van der Waals surface area contributed by atoms with E-state index in [0.717, 1.165) is 5.56 Å². The maximum absolute atomic E-state index is 12.0. The van der Waals surface area contributed by atoms with Gasteiger partial charge in [0.15, 0.2) is 6.10 Å². The van der Waals surface area contributed by atoms with Crippen LogP contribution in [0.2, 0.25) is 0 Å². The van der Waals surface area contributed by atoms with Gasteiger partial charge in [-0.3, -0.25) is 24.2 Å². The fraction of sp³-hybridized carbons (Fsp3) is 0.375. The predicted molar refractivity (Wildman–Crippen MR) is 98.2 cm³/mol. The van der Waals surface area contributed by atoms with Crippen LogP contribution in [0.3, 0.4) is 0 Å². The molecule has 10 nitrogen and oxygen atoms in total. The third kappa shape index (κ3) is 7.25. The van der Waals surface area contributed by atoms with E-state index in [4.69, 9.17) is 10.9 Å². The molecular weight excluding hydrogens is 376 g/mol. The Morgan fingerprint density at radius 1 is 1.19 bits per heavy atom. The Hall–Kier alpha value is -2.63. The van der Waals surface area contributed by atoms with Crippen molar-refractivity contribution in [2.45, 2.75) is 30.9 Å². The Morgan fingerprint density at radius 3 is 2.33 bits per heavy atom. The smallest absolute Gasteiger partial charge is 0.324 e. The molecule has 0 radical (unpaired) electrons. The number of nitrogens with one attached hydrogen (secondary N) is 2. The van der Waals surface area contributed by atoms with Gasteiger partial charge in [0.05, 0.1) is 0 Å². The van der Waals surface area contributed by atoms with E-state index in [9.17, 15) is 24.3 Å². The van der Waals surface area contributed by atoms with E-state index in [0.29, 0.717) is 5.01 Å². The third-order valence-electron chi connectivity index (χ3n) is 3.47. The molecule has 0 unspecified atom stereocenters. The van der Waals surface area contributed by atoms with Crippen molar-refractivity contribution in [3.63, 3.8) is 0 Å². The lowest BCUT2D eigenvalue weighted by molar-refractivity contribution is -0.146. The molecule has 1 aromatic carbocycles. The van der Waals surface area contributed by atoms with Crippen LogP contribution in [0.5, 0.6) is 0 Å². The molecule has 148 valence electrons. The minimum Gasteiger partial charge on any atom is -0.480 e. The number of hydrogen-bond donors (Lipinski definition) is 6. The molecule has 0 aromatic heterocycles. The Bertz CT molecular complexity index is 687. The normalized spacial score (nSPS) is 13.8. The Kier molecular flexibility index (Phi) is 8.72. The second-order valence-corrected chi connectivity index (χ2v) is 6.24. The number of nitrogens with zero attached hydrogens (tertiary/aromatic N) is 1. The summed E-state index contributed by atoms with van der Waals surface area (Å²) in [5.41, 5.74) is 0.867. The highest BCUT2D eigenvalue weighted by Gasteiger charge is 2.33. The van der Waals surface area contributed by atoms with Crippen LogP contribution in [0, 0.1) is 0 Å². The summed E-state index contributed by atoms with van der Waals surface area (Å²) < 4.78 is 0. The molecule has 27 heavy (non-hydrogen) atoms. The molecule has 0 saturated carbocycles. The van der Waals surface area contributed by atoms with Crippen LogP contribution in [0.15, 0.2) is 30.3 Å². The molecule has 0 heterocycles. The Balaban J connectivity index is 2.53. The Labute approximate surface area is 161 Å². The maximum Gasteiger partial charge on any atom is 0.324 e. The Morgan fingerprint density at radius 2 is 1.78 bits per heavy atom. The molecule has 0 aliphatic rings. The van der Waals surface area contributed by atoms with Gasteiger partial charge in [0, 0.05) is 6.54 Å². The van der Waals surface area contributed by atoms with Crippen LogP contribution in [0.25, 0.3) is 0 Å². The third-order valence-corrected chi connectivity index (χ3v) is 3.97. The topological polar surface area (TPSA) is 162 Å². The minimum absolute atomic E-state index is 0.257. The van der Waals surface area contributed by atoms with Crippen LogP contribution in [0.1, 0.15) is 12.5 Å². The van der Waals surface area contributed by atoms with E-state index in [1.165, 1.54) is 6.92 Å². The number of benzene rings is 1. The van der Waals surface area contributed by atoms with Crippen molar-refractivity contribution in [3.8, 4) is 0 Å². The van der Waals surface area contributed by atoms with Gasteiger partial charge in [-0.1, -0.05) is 30.3 Å². The van der Waals surface area contributed by atoms with Gasteiger partial charge in [-0.15, -0.1) is 0 Å². The number of carbonyl (C=O) groups excluding carboxylic acids is 3. The molecule has 3 amide bonds. The number of rotatable bonds is 9. The second-order valence-electron chi connectivity index (χ2n) is 5.68. The number of hydrogen-bond acceptors (Lipinski definition) is 7. The number of amides is 3. The fourth-order valence-electron chi connectivity index (χ4n) is 1.97. The minimum atomic E-state index is -1.93. The summed E-state index contributed by atoms with van der Waals surface area (Å²) in [5.74, 6) is 1.32. The summed E-state index contributed by atoms with van der Waals surface area (Å²) in [7, 11) is 0. The average Bonchev–Trinajstić information content (AvgIpc) is 2.64. The number of carboxylic acids is 1. The van der Waals surface area contributed by atoms with Crippen molar-refractivity contribution in [1.29, 1.82) is 0 Å². The summed E-state index contributed by atoms with van der Waals surface area (Å²) >= 11 is 3.81. The predicted octanol–water partition coefficient (Wildman–Crippen LogP) is -1.75. The first-order valence-corrected chi connectivity index (χ1v) is 8.41. The molecule has 0 saturated heterocycles. The molecule has 0 aliphatic carbocycles. The second kappa shape index (κ2) is 10.5. The lowest BCUT2D eigenvalue weighted by Crippen LogP contribution is -2.54. The summed E-state index contributed by atoms with van der Waals surface area (Å²) in [6, 6.07) is 8.12. The molecule has 0 bridgehead atoms. The zero-order chi connectivity index (χ0) is 20.6. The molecule has 1 aromatic rings. The van der Waals surface area contributed by atoms with Crippen LogP contribution >= 0.6 is 12.6 Å². The summed E-state index contributed by atoms with van der Waals surface area (Å²) in [5, 5.41) is 22.1. The number of carboxylic acid groups (broad SMARTS) is 1. The monoisotopic (exact) mass is 398 g/mol. The standard InChI is InChI=1S/C16H22N4O6S/c1-9(14(24)18-7-10-5-3-2-4-6-10)19-15(25)12(23)13(27)16(26)20(17)8-11(21)22/h2-6,9,12-13,23,27H,7-8,17H2,1H3,(H,18,24)(H,19,25)(H,21,22)/t9-,12-,13+/m0/s1. The summed E-state index contributed by atoms with van der Waals surface area (Å²) in [6.07, 6.45) is -1.93. The van der Waals surface area contributed by atoms with Crippen molar-refractivity contribution in [1.82, 2.24) is 15.6 Å². The molecule has 3 atom stereocenters. The molecule has 0 spiro atoms. The van der Waals surface area contributed by atoms with Crippen molar-refractivity contribution in [2.24, 2.45) is 5.84 Å². The van der Waals surface area contributed by atoms with Gasteiger partial charge in [-0.05, 0) is 12.5 Å². The van der Waals surface area contributed by atoms with E-state index in [1.54, 1.807) is 0 Å². The SMILES string of the molecule is C[C@H](NC(=O)[C@@H](O)[C@@H](S)C(=O)N(N)CC(=O)O)C(=O)NCc1ccccc1. The van der Waals surface area contributed by atoms with Crippen molar-refractivity contribution in [3.05, 3.63) is 35.9 Å². The highest BCUT2D eigenvalue weighted by Crippen LogP contribution is 2.07. The van der Waals surface area contributed by atoms with Gasteiger partial charge < -0.3 is 20.8 Å². The highest BCUT2D eigenvalue weighted by molar-refractivity contribution is 7.81. The zero-order valence-electron chi connectivity index (χ0n) is 14.5. The zero-order valence-corrected chi connectivity index (χ0v) is 15.4. The first-order chi connectivity index (χ1) is 12.6. The van der Waals surface area contributed by atoms with Gasteiger partial charge in [0.2, 0.25) is 5.91 Å². The van der Waals surface area contributed by atoms with Gasteiger partial charge >= 0.3 is 5.97 Å². The fourth-order valence-corrected chi connectivity index (χ4v) is 2.26. The van der Waals surface area contributed by atoms with Gasteiger partial charge in [0.25, 0.3) is 11.8 Å². The quantitative estimate of drug-likeness (QED) is 0.124. The molecule has 11 heteroatoms. The van der Waals surface area contributed by atoms with Crippen LogP contribution in [-0.4, -0.2) is 62.9 Å². The number of nitrogens with two attached hydrogens (primary N) is 1. The molecule has 1 rings (SSSR count). The first kappa shape index (κ1) is 22.4. The molecular formula is C16H22N4O6S.